The predicted octanol–water partition coefficient (Wildman–Crippen LogP) is 4.85. The van der Waals surface area contributed by atoms with Gasteiger partial charge in [0.1, 0.15) is 28.1 Å². The Bertz CT molecular complexity index is 1210. The molecule has 1 aromatic heterocycles. The van der Waals surface area contributed by atoms with Gasteiger partial charge in [-0.15, -0.1) is 13.2 Å². The fourth-order valence-corrected chi connectivity index (χ4v) is 2.57. The molecule has 1 heterocycles. The SMILES string of the molecule is O=C(Nc1cc[n+](O)nc1)c1c(Oc2ccc(OC(F)(F)F)c(F)c2)ccc(C(F)(F)F)c1F. The average molecular weight is 496 g/mol. The van der Waals surface area contributed by atoms with E-state index in [-0.39, 0.29) is 11.8 Å². The summed E-state index contributed by atoms with van der Waals surface area (Å²) in [7, 11) is 0. The van der Waals surface area contributed by atoms with Crippen LogP contribution in [0.25, 0.3) is 0 Å². The van der Waals surface area contributed by atoms with Crippen LogP contribution >= 0.6 is 0 Å². The number of carbonyl (C=O) groups is 1. The van der Waals surface area contributed by atoms with Crippen molar-refractivity contribution >= 4 is 11.6 Å². The third kappa shape index (κ3) is 5.79. The molecule has 0 aliphatic rings. The number of aromatic nitrogens is 2. The van der Waals surface area contributed by atoms with E-state index in [9.17, 15) is 39.9 Å². The van der Waals surface area contributed by atoms with Crippen LogP contribution in [0.15, 0.2) is 48.8 Å². The Balaban J connectivity index is 2.00. The van der Waals surface area contributed by atoms with E-state index in [0.29, 0.717) is 23.0 Å². The number of anilines is 1. The molecule has 1 amide bonds. The Morgan fingerprint density at radius 2 is 1.68 bits per heavy atom. The number of amides is 1. The quantitative estimate of drug-likeness (QED) is 0.300. The maximum absolute atomic E-state index is 14.7. The first kappa shape index (κ1) is 24.5. The number of ether oxygens (including phenoxy) is 2. The summed E-state index contributed by atoms with van der Waals surface area (Å²) in [6.45, 7) is 0. The maximum atomic E-state index is 14.7. The van der Waals surface area contributed by atoms with Gasteiger partial charge in [-0.2, -0.15) is 13.2 Å². The van der Waals surface area contributed by atoms with Crippen LogP contribution in [0.1, 0.15) is 15.9 Å². The van der Waals surface area contributed by atoms with Gasteiger partial charge in [-0.05, 0) is 24.3 Å². The molecular formula is C19H10F8N3O4+. The van der Waals surface area contributed by atoms with Gasteiger partial charge < -0.3 is 14.8 Å². The zero-order chi connectivity index (χ0) is 25.3. The highest BCUT2D eigenvalue weighted by Gasteiger charge is 2.37. The van der Waals surface area contributed by atoms with E-state index in [4.69, 9.17) is 9.94 Å². The molecule has 0 radical (unpaired) electrons. The van der Waals surface area contributed by atoms with Gasteiger partial charge in [0.15, 0.2) is 17.4 Å². The zero-order valence-electron chi connectivity index (χ0n) is 16.2. The van der Waals surface area contributed by atoms with Crippen molar-refractivity contribution < 1.29 is 59.4 Å². The number of hydrogen-bond donors (Lipinski definition) is 2. The summed E-state index contributed by atoms with van der Waals surface area (Å²) in [4.78, 5) is 12.9. The van der Waals surface area contributed by atoms with E-state index in [1.165, 1.54) is 0 Å². The lowest BCUT2D eigenvalue weighted by atomic mass is 10.1. The minimum atomic E-state index is -5.20. The van der Waals surface area contributed by atoms with Gasteiger partial charge in [0, 0.05) is 17.2 Å². The number of halogens is 8. The number of alkyl halides is 6. The Kier molecular flexibility index (Phi) is 6.47. The lowest BCUT2D eigenvalue weighted by Gasteiger charge is -2.16. The monoisotopic (exact) mass is 496 g/mol. The molecule has 0 atom stereocenters. The molecule has 3 aromatic rings. The summed E-state index contributed by atoms with van der Waals surface area (Å²) in [6, 6.07) is 3.56. The molecule has 0 bridgehead atoms. The van der Waals surface area contributed by atoms with Crippen LogP contribution in [-0.4, -0.2) is 22.6 Å². The fourth-order valence-electron chi connectivity index (χ4n) is 2.57. The molecular weight excluding hydrogens is 486 g/mol. The van der Waals surface area contributed by atoms with Crippen LogP contribution in [0.5, 0.6) is 17.2 Å². The third-order valence-corrected chi connectivity index (χ3v) is 3.95. The number of carbonyl (C=O) groups excluding carboxylic acids is 1. The van der Waals surface area contributed by atoms with Crippen molar-refractivity contribution in [1.29, 1.82) is 0 Å². The molecule has 7 nitrogen and oxygen atoms in total. The Morgan fingerprint density at radius 1 is 1.00 bits per heavy atom. The van der Waals surface area contributed by atoms with Gasteiger partial charge in [-0.1, -0.05) is 0 Å². The fraction of sp³-hybridized carbons (Fsp3) is 0.105. The van der Waals surface area contributed by atoms with Crippen molar-refractivity contribution in [2.75, 3.05) is 5.32 Å². The minimum Gasteiger partial charge on any atom is -0.456 e. The predicted molar refractivity (Wildman–Crippen MR) is 94.1 cm³/mol. The van der Waals surface area contributed by atoms with Gasteiger partial charge in [-0.3, -0.25) is 10.0 Å². The van der Waals surface area contributed by atoms with Crippen molar-refractivity contribution in [2.24, 2.45) is 0 Å². The second kappa shape index (κ2) is 8.99. The van der Waals surface area contributed by atoms with E-state index in [1.807, 2.05) is 5.32 Å². The van der Waals surface area contributed by atoms with Gasteiger partial charge in [-0.25, -0.2) is 8.78 Å². The number of rotatable bonds is 5. The minimum absolute atomic E-state index is 0.155. The third-order valence-electron chi connectivity index (χ3n) is 3.95. The van der Waals surface area contributed by atoms with Crippen LogP contribution in [0.2, 0.25) is 0 Å². The summed E-state index contributed by atoms with van der Waals surface area (Å²) < 4.78 is 113. The molecule has 0 fully saturated rings. The molecule has 2 N–H and O–H groups in total. The summed E-state index contributed by atoms with van der Waals surface area (Å²) >= 11 is 0. The largest absolute Gasteiger partial charge is 0.573 e. The average Bonchev–Trinajstić information content (AvgIpc) is 2.70. The Morgan fingerprint density at radius 3 is 2.24 bits per heavy atom. The van der Waals surface area contributed by atoms with E-state index in [2.05, 4.69) is 9.84 Å². The summed E-state index contributed by atoms with van der Waals surface area (Å²) in [6.07, 6.45) is -8.56. The topological polar surface area (TPSA) is 84.6 Å². The standard InChI is InChI=1S/C19H9F8N3O4/c20-12-7-10(1-3-13(12)34-19(25,26)27)33-14-4-2-11(18(22,23)24)16(21)15(14)17(31)29-9-5-6-30(32)28-8-9/h1-8,32H/p+1. The van der Waals surface area contributed by atoms with Gasteiger partial charge in [0.2, 0.25) is 0 Å². The van der Waals surface area contributed by atoms with Crippen molar-refractivity contribution in [1.82, 2.24) is 5.10 Å². The van der Waals surface area contributed by atoms with Crippen LogP contribution in [0.4, 0.5) is 40.8 Å². The number of benzene rings is 2. The van der Waals surface area contributed by atoms with Crippen LogP contribution < -0.4 is 19.6 Å². The summed E-state index contributed by atoms with van der Waals surface area (Å²) in [5.41, 5.74) is -3.21. The molecule has 0 saturated heterocycles. The molecule has 0 unspecified atom stereocenters. The van der Waals surface area contributed by atoms with Gasteiger partial charge in [0.05, 0.1) is 11.3 Å². The summed E-state index contributed by atoms with van der Waals surface area (Å²) in [5, 5.41) is 14.5. The zero-order valence-corrected chi connectivity index (χ0v) is 16.2. The molecule has 0 spiro atoms. The van der Waals surface area contributed by atoms with Crippen LogP contribution in [0.3, 0.4) is 0 Å². The lowest BCUT2D eigenvalue weighted by Crippen LogP contribution is -2.33. The molecule has 2 aromatic carbocycles. The smallest absolute Gasteiger partial charge is 0.456 e. The maximum Gasteiger partial charge on any atom is 0.573 e. The van der Waals surface area contributed by atoms with Crippen molar-refractivity contribution in [3.8, 4) is 17.2 Å². The molecule has 3 rings (SSSR count). The van der Waals surface area contributed by atoms with Crippen LogP contribution in [0, 0.1) is 11.6 Å². The van der Waals surface area contributed by atoms with E-state index in [1.54, 1.807) is 0 Å². The van der Waals surface area contributed by atoms with Gasteiger partial charge >= 0.3 is 12.5 Å². The van der Waals surface area contributed by atoms with Crippen molar-refractivity contribution in [3.05, 3.63) is 71.6 Å². The second-order valence-electron chi connectivity index (χ2n) is 6.33. The highest BCUT2D eigenvalue weighted by Crippen LogP contribution is 2.38. The molecule has 0 aliphatic heterocycles. The number of hydrogen-bond acceptors (Lipinski definition) is 5. The van der Waals surface area contributed by atoms with Gasteiger partial charge in [0.25, 0.3) is 12.1 Å². The Hall–Kier alpha value is -4.17. The van der Waals surface area contributed by atoms with E-state index >= 15 is 0 Å². The van der Waals surface area contributed by atoms with Crippen LogP contribution in [-0.2, 0) is 6.18 Å². The number of nitrogens with one attached hydrogen (secondary N) is 1. The lowest BCUT2D eigenvalue weighted by molar-refractivity contribution is -0.948. The molecule has 0 aliphatic carbocycles. The van der Waals surface area contributed by atoms with E-state index < -0.39 is 58.5 Å². The van der Waals surface area contributed by atoms with Crippen molar-refractivity contribution in [3.63, 3.8) is 0 Å². The van der Waals surface area contributed by atoms with Crippen molar-refractivity contribution in [2.45, 2.75) is 12.5 Å². The molecule has 0 saturated carbocycles. The molecule has 180 valence electrons. The highest BCUT2D eigenvalue weighted by atomic mass is 19.4. The number of nitrogens with zero attached hydrogens (tertiary/aromatic N) is 2. The molecule has 34 heavy (non-hydrogen) atoms. The molecule has 15 heteroatoms. The first-order valence-electron chi connectivity index (χ1n) is 8.76. The first-order valence-corrected chi connectivity index (χ1v) is 8.76. The second-order valence-corrected chi connectivity index (χ2v) is 6.33. The first-order chi connectivity index (χ1) is 15.7. The normalized spacial score (nSPS) is 11.8. The Labute approximate surface area is 183 Å². The highest BCUT2D eigenvalue weighted by molar-refractivity contribution is 6.06. The summed E-state index contributed by atoms with van der Waals surface area (Å²) in [5.74, 6) is -7.64. The van der Waals surface area contributed by atoms with E-state index in [0.717, 1.165) is 24.5 Å².